The second kappa shape index (κ2) is 6.12. The standard InChI is InChI=1S/C14H20FN3O/c15-13-7-10(14(16)17)4-5-11(13)8-18-6-2-1-3-12(18)9-19/h4-5,7,12,19H,1-3,6,8-9H2,(H3,16,17). The van der Waals surface area contributed by atoms with Gasteiger partial charge in [-0.1, -0.05) is 18.6 Å². The Morgan fingerprint density at radius 3 is 2.89 bits per heavy atom. The lowest BCUT2D eigenvalue weighted by atomic mass is 10.0. The lowest BCUT2D eigenvalue weighted by Crippen LogP contribution is -2.41. The first-order valence-electron chi connectivity index (χ1n) is 6.59. The lowest BCUT2D eigenvalue weighted by Gasteiger charge is -2.34. The summed E-state index contributed by atoms with van der Waals surface area (Å²) in [6, 6.07) is 4.77. The number of benzene rings is 1. The minimum absolute atomic E-state index is 0.118. The Bertz CT molecular complexity index is 464. The molecule has 1 saturated heterocycles. The van der Waals surface area contributed by atoms with E-state index >= 15 is 0 Å². The zero-order valence-electron chi connectivity index (χ0n) is 10.9. The third-order valence-electron chi connectivity index (χ3n) is 3.70. The number of nitrogen functional groups attached to an aromatic ring is 1. The maximum Gasteiger partial charge on any atom is 0.128 e. The van der Waals surface area contributed by atoms with E-state index in [1.165, 1.54) is 6.07 Å². The zero-order chi connectivity index (χ0) is 13.8. The van der Waals surface area contributed by atoms with Crippen molar-refractivity contribution in [3.63, 3.8) is 0 Å². The van der Waals surface area contributed by atoms with Crippen molar-refractivity contribution >= 4 is 5.84 Å². The number of hydrogen-bond acceptors (Lipinski definition) is 3. The van der Waals surface area contributed by atoms with Gasteiger partial charge in [-0.25, -0.2) is 4.39 Å². The molecule has 1 heterocycles. The van der Waals surface area contributed by atoms with Gasteiger partial charge in [-0.2, -0.15) is 0 Å². The largest absolute Gasteiger partial charge is 0.395 e. The van der Waals surface area contributed by atoms with Crippen LogP contribution in [0, 0.1) is 11.2 Å². The number of nitrogens with one attached hydrogen (secondary N) is 1. The van der Waals surface area contributed by atoms with Crippen LogP contribution in [0.1, 0.15) is 30.4 Å². The smallest absolute Gasteiger partial charge is 0.128 e. The minimum Gasteiger partial charge on any atom is -0.395 e. The Hall–Kier alpha value is -1.46. The average molecular weight is 265 g/mol. The molecule has 5 heteroatoms. The highest BCUT2D eigenvalue weighted by molar-refractivity contribution is 5.94. The molecule has 0 radical (unpaired) electrons. The van der Waals surface area contributed by atoms with Crippen molar-refractivity contribution in [2.24, 2.45) is 5.73 Å². The van der Waals surface area contributed by atoms with Crippen LogP contribution in [-0.2, 0) is 6.54 Å². The van der Waals surface area contributed by atoms with E-state index < -0.39 is 0 Å². The molecule has 1 atom stereocenters. The molecule has 0 bridgehead atoms. The summed E-state index contributed by atoms with van der Waals surface area (Å²) in [6.45, 7) is 1.50. The molecular formula is C14H20FN3O. The topological polar surface area (TPSA) is 73.3 Å². The summed E-state index contributed by atoms with van der Waals surface area (Å²) in [5, 5.41) is 16.6. The van der Waals surface area contributed by atoms with E-state index in [1.54, 1.807) is 12.1 Å². The summed E-state index contributed by atoms with van der Waals surface area (Å²) in [7, 11) is 0. The van der Waals surface area contributed by atoms with Gasteiger partial charge in [-0.15, -0.1) is 0 Å². The highest BCUT2D eigenvalue weighted by Gasteiger charge is 2.22. The molecule has 2 rings (SSSR count). The van der Waals surface area contributed by atoms with Gasteiger partial charge < -0.3 is 10.8 Å². The van der Waals surface area contributed by atoms with Crippen LogP contribution in [0.4, 0.5) is 4.39 Å². The first-order chi connectivity index (χ1) is 9.11. The van der Waals surface area contributed by atoms with E-state index in [-0.39, 0.29) is 24.3 Å². The molecule has 1 fully saturated rings. The first kappa shape index (κ1) is 14.0. The number of piperidine rings is 1. The second-order valence-electron chi connectivity index (χ2n) is 5.02. The van der Waals surface area contributed by atoms with Gasteiger partial charge in [-0.05, 0) is 25.5 Å². The molecule has 0 aliphatic carbocycles. The van der Waals surface area contributed by atoms with Crippen LogP contribution in [0.5, 0.6) is 0 Å². The number of amidine groups is 1. The molecule has 0 saturated carbocycles. The third kappa shape index (κ3) is 3.30. The van der Waals surface area contributed by atoms with E-state index in [0.29, 0.717) is 17.7 Å². The Morgan fingerprint density at radius 2 is 2.26 bits per heavy atom. The molecule has 1 aromatic rings. The van der Waals surface area contributed by atoms with Crippen molar-refractivity contribution in [3.05, 3.63) is 35.1 Å². The van der Waals surface area contributed by atoms with Crippen LogP contribution >= 0.6 is 0 Å². The van der Waals surface area contributed by atoms with E-state index in [9.17, 15) is 9.50 Å². The Kier molecular flexibility index (Phi) is 4.50. The van der Waals surface area contributed by atoms with Gasteiger partial charge in [0.25, 0.3) is 0 Å². The molecule has 104 valence electrons. The fourth-order valence-electron chi connectivity index (χ4n) is 2.54. The van der Waals surface area contributed by atoms with Crippen molar-refractivity contribution in [2.45, 2.75) is 31.8 Å². The maximum absolute atomic E-state index is 14.0. The highest BCUT2D eigenvalue weighted by atomic mass is 19.1. The van der Waals surface area contributed by atoms with Crippen LogP contribution in [-0.4, -0.2) is 35.0 Å². The predicted molar refractivity (Wildman–Crippen MR) is 72.6 cm³/mol. The van der Waals surface area contributed by atoms with E-state index in [2.05, 4.69) is 4.90 Å². The Balaban J connectivity index is 2.11. The summed E-state index contributed by atoms with van der Waals surface area (Å²) in [6.07, 6.45) is 3.17. The fourth-order valence-corrected chi connectivity index (χ4v) is 2.54. The van der Waals surface area contributed by atoms with E-state index in [4.69, 9.17) is 11.1 Å². The maximum atomic E-state index is 14.0. The lowest BCUT2D eigenvalue weighted by molar-refractivity contribution is 0.0832. The monoisotopic (exact) mass is 265 g/mol. The molecule has 19 heavy (non-hydrogen) atoms. The van der Waals surface area contributed by atoms with Crippen molar-refractivity contribution in [1.29, 1.82) is 5.41 Å². The first-order valence-corrected chi connectivity index (χ1v) is 6.59. The van der Waals surface area contributed by atoms with Crippen LogP contribution in [0.25, 0.3) is 0 Å². The number of halogens is 1. The number of aliphatic hydroxyl groups excluding tert-OH is 1. The Labute approximate surface area is 112 Å². The third-order valence-corrected chi connectivity index (χ3v) is 3.70. The summed E-state index contributed by atoms with van der Waals surface area (Å²) in [4.78, 5) is 2.12. The minimum atomic E-state index is -0.338. The van der Waals surface area contributed by atoms with Crippen molar-refractivity contribution < 1.29 is 9.50 Å². The normalized spacial score (nSPS) is 20.4. The van der Waals surface area contributed by atoms with Gasteiger partial charge in [0.1, 0.15) is 11.7 Å². The van der Waals surface area contributed by atoms with Crippen molar-refractivity contribution in [2.75, 3.05) is 13.2 Å². The summed E-state index contributed by atoms with van der Waals surface area (Å²) < 4.78 is 14.0. The summed E-state index contributed by atoms with van der Waals surface area (Å²) in [5.41, 5.74) is 6.32. The summed E-state index contributed by atoms with van der Waals surface area (Å²) >= 11 is 0. The molecule has 4 N–H and O–H groups in total. The van der Waals surface area contributed by atoms with Crippen LogP contribution < -0.4 is 5.73 Å². The van der Waals surface area contributed by atoms with E-state index in [1.807, 2.05) is 0 Å². The molecule has 1 aromatic carbocycles. The number of likely N-dealkylation sites (tertiary alicyclic amines) is 1. The van der Waals surface area contributed by atoms with E-state index in [0.717, 1.165) is 25.8 Å². The Morgan fingerprint density at radius 1 is 1.47 bits per heavy atom. The van der Waals surface area contributed by atoms with Gasteiger partial charge in [-0.3, -0.25) is 10.3 Å². The van der Waals surface area contributed by atoms with Crippen LogP contribution in [0.3, 0.4) is 0 Å². The molecule has 1 unspecified atom stereocenters. The molecule has 0 aromatic heterocycles. The van der Waals surface area contributed by atoms with Crippen LogP contribution in [0.2, 0.25) is 0 Å². The average Bonchev–Trinajstić information content (AvgIpc) is 2.41. The van der Waals surface area contributed by atoms with Gasteiger partial charge in [0.05, 0.1) is 6.61 Å². The predicted octanol–water partition coefficient (Wildman–Crippen LogP) is 1.46. The van der Waals surface area contributed by atoms with Gasteiger partial charge in [0.15, 0.2) is 0 Å². The fraction of sp³-hybridized carbons (Fsp3) is 0.500. The molecular weight excluding hydrogens is 245 g/mol. The molecule has 1 aliphatic rings. The second-order valence-corrected chi connectivity index (χ2v) is 5.02. The number of rotatable bonds is 4. The number of nitrogens with zero attached hydrogens (tertiary/aromatic N) is 1. The molecule has 4 nitrogen and oxygen atoms in total. The molecule has 0 amide bonds. The van der Waals surface area contributed by atoms with Crippen LogP contribution in [0.15, 0.2) is 18.2 Å². The van der Waals surface area contributed by atoms with Gasteiger partial charge in [0.2, 0.25) is 0 Å². The van der Waals surface area contributed by atoms with Gasteiger partial charge in [0, 0.05) is 23.7 Å². The highest BCUT2D eigenvalue weighted by Crippen LogP contribution is 2.21. The number of aliphatic hydroxyl groups is 1. The molecule has 1 aliphatic heterocycles. The van der Waals surface area contributed by atoms with Crippen molar-refractivity contribution in [1.82, 2.24) is 4.90 Å². The zero-order valence-corrected chi connectivity index (χ0v) is 10.9. The number of nitrogens with two attached hydrogens (primary N) is 1. The number of hydrogen-bond donors (Lipinski definition) is 3. The summed E-state index contributed by atoms with van der Waals surface area (Å²) in [5.74, 6) is -0.466. The molecule has 0 spiro atoms. The van der Waals surface area contributed by atoms with Gasteiger partial charge >= 0.3 is 0 Å². The SMILES string of the molecule is N=C(N)c1ccc(CN2CCCCC2CO)c(F)c1. The van der Waals surface area contributed by atoms with Crippen molar-refractivity contribution in [3.8, 4) is 0 Å². The quantitative estimate of drug-likeness (QED) is 0.570.